The smallest absolute Gasteiger partial charge is 0.234 e. The fourth-order valence-corrected chi connectivity index (χ4v) is 4.54. The van der Waals surface area contributed by atoms with Crippen LogP contribution in [0.5, 0.6) is 0 Å². The summed E-state index contributed by atoms with van der Waals surface area (Å²) in [5, 5.41) is 3.25. The molecule has 2 atom stereocenters. The van der Waals surface area contributed by atoms with Crippen LogP contribution in [-0.2, 0) is 4.79 Å². The number of carbonyl (C=O) groups excluding carboxylic acids is 1. The van der Waals surface area contributed by atoms with Crippen molar-refractivity contribution in [2.75, 3.05) is 37.6 Å². The van der Waals surface area contributed by atoms with Gasteiger partial charge in [0.1, 0.15) is 0 Å². The van der Waals surface area contributed by atoms with Crippen LogP contribution in [0.1, 0.15) is 38.3 Å². The van der Waals surface area contributed by atoms with Crippen LogP contribution < -0.4 is 10.2 Å². The Kier molecular flexibility index (Phi) is 5.76. The summed E-state index contributed by atoms with van der Waals surface area (Å²) < 4.78 is 0. The van der Waals surface area contributed by atoms with Gasteiger partial charge in [-0.2, -0.15) is 0 Å². The molecule has 150 valence electrons. The minimum atomic E-state index is 0.175. The minimum Gasteiger partial charge on any atom is -0.353 e. The molecule has 0 bridgehead atoms. The third-order valence-corrected chi connectivity index (χ3v) is 6.06. The van der Waals surface area contributed by atoms with Crippen molar-refractivity contribution < 1.29 is 4.79 Å². The molecule has 1 aliphatic heterocycles. The normalized spacial score (nSPS) is 23.7. The van der Waals surface area contributed by atoms with Crippen LogP contribution in [0, 0.1) is 12.8 Å². The third kappa shape index (κ3) is 4.43. The number of aromatic nitrogens is 2. The SMILES string of the molecule is Cc1nc2ccccc2nc1N1CCN(CC(=O)NC2CCCC(C)C2)CC1. The Bertz CT molecular complexity index is 831. The quantitative estimate of drug-likeness (QED) is 0.882. The standard InChI is InChI=1S/C22H31N5O/c1-16-6-5-7-18(14-16)24-21(28)15-26-10-12-27(13-11-26)22-17(2)23-19-8-3-4-9-20(19)25-22/h3-4,8-9,16,18H,5-7,10-15H2,1-2H3,(H,24,28). The van der Waals surface area contributed by atoms with Gasteiger partial charge in [-0.3, -0.25) is 9.69 Å². The van der Waals surface area contributed by atoms with Crippen LogP contribution in [0.15, 0.2) is 24.3 Å². The van der Waals surface area contributed by atoms with Crippen molar-refractivity contribution in [2.45, 2.75) is 45.6 Å². The molecule has 0 radical (unpaired) electrons. The van der Waals surface area contributed by atoms with E-state index in [0.29, 0.717) is 12.6 Å². The number of carbonyl (C=O) groups is 1. The van der Waals surface area contributed by atoms with E-state index in [0.717, 1.165) is 67.5 Å². The highest BCUT2D eigenvalue weighted by molar-refractivity contribution is 5.78. The lowest BCUT2D eigenvalue weighted by Crippen LogP contribution is -2.51. The molecule has 6 heteroatoms. The van der Waals surface area contributed by atoms with Gasteiger partial charge in [0.05, 0.1) is 23.3 Å². The number of hydrogen-bond acceptors (Lipinski definition) is 5. The number of nitrogens with zero attached hydrogens (tertiary/aromatic N) is 4. The summed E-state index contributed by atoms with van der Waals surface area (Å²) in [6.07, 6.45) is 4.78. The first-order chi connectivity index (χ1) is 13.6. The molecule has 6 nitrogen and oxygen atoms in total. The second-order valence-corrected chi connectivity index (χ2v) is 8.42. The highest BCUT2D eigenvalue weighted by Gasteiger charge is 2.24. The second kappa shape index (κ2) is 8.43. The predicted molar refractivity (Wildman–Crippen MR) is 112 cm³/mol. The van der Waals surface area contributed by atoms with E-state index in [-0.39, 0.29) is 5.91 Å². The molecule has 2 fully saturated rings. The van der Waals surface area contributed by atoms with Gasteiger partial charge in [-0.15, -0.1) is 0 Å². The molecule has 1 N–H and O–H groups in total. The molecule has 1 saturated carbocycles. The van der Waals surface area contributed by atoms with Crippen molar-refractivity contribution in [2.24, 2.45) is 5.92 Å². The van der Waals surface area contributed by atoms with Crippen molar-refractivity contribution in [3.05, 3.63) is 30.0 Å². The number of aryl methyl sites for hydroxylation is 1. The van der Waals surface area contributed by atoms with Gasteiger partial charge in [0.2, 0.25) is 5.91 Å². The Morgan fingerprint density at radius 2 is 1.82 bits per heavy atom. The summed E-state index contributed by atoms with van der Waals surface area (Å²) in [4.78, 5) is 26.5. The molecule has 2 heterocycles. The van der Waals surface area contributed by atoms with Crippen LogP contribution in [0.4, 0.5) is 5.82 Å². The van der Waals surface area contributed by atoms with E-state index in [4.69, 9.17) is 9.97 Å². The summed E-state index contributed by atoms with van der Waals surface area (Å²) in [6, 6.07) is 8.38. The van der Waals surface area contributed by atoms with E-state index in [1.807, 2.05) is 31.2 Å². The fourth-order valence-electron chi connectivity index (χ4n) is 4.54. The van der Waals surface area contributed by atoms with E-state index in [9.17, 15) is 4.79 Å². The van der Waals surface area contributed by atoms with E-state index in [1.165, 1.54) is 12.8 Å². The Balaban J connectivity index is 1.31. The Hall–Kier alpha value is -2.21. The zero-order valence-electron chi connectivity index (χ0n) is 17.0. The lowest BCUT2D eigenvalue weighted by molar-refractivity contribution is -0.123. The predicted octanol–water partition coefficient (Wildman–Crippen LogP) is 2.76. The van der Waals surface area contributed by atoms with E-state index >= 15 is 0 Å². The van der Waals surface area contributed by atoms with Gasteiger partial charge in [0.15, 0.2) is 5.82 Å². The van der Waals surface area contributed by atoms with Crippen molar-refractivity contribution in [1.82, 2.24) is 20.2 Å². The monoisotopic (exact) mass is 381 g/mol. The first-order valence-corrected chi connectivity index (χ1v) is 10.6. The lowest BCUT2D eigenvalue weighted by atomic mass is 9.87. The maximum Gasteiger partial charge on any atom is 0.234 e. The number of piperazine rings is 1. The van der Waals surface area contributed by atoms with Crippen molar-refractivity contribution in [3.8, 4) is 0 Å². The van der Waals surface area contributed by atoms with Gasteiger partial charge < -0.3 is 10.2 Å². The molecule has 28 heavy (non-hydrogen) atoms. The molecule has 1 aromatic heterocycles. The molecule has 1 saturated heterocycles. The number of fused-ring (bicyclic) bond motifs is 1. The van der Waals surface area contributed by atoms with Gasteiger partial charge >= 0.3 is 0 Å². The summed E-state index contributed by atoms with van der Waals surface area (Å²) in [7, 11) is 0. The molecule has 1 aromatic carbocycles. The van der Waals surface area contributed by atoms with Crippen molar-refractivity contribution in [3.63, 3.8) is 0 Å². The average Bonchev–Trinajstić information content (AvgIpc) is 2.68. The zero-order valence-corrected chi connectivity index (χ0v) is 17.0. The summed E-state index contributed by atoms with van der Waals surface area (Å²) in [5.41, 5.74) is 2.85. The summed E-state index contributed by atoms with van der Waals surface area (Å²) >= 11 is 0. The molecule has 2 unspecified atom stereocenters. The summed E-state index contributed by atoms with van der Waals surface area (Å²) in [5.74, 6) is 1.88. The molecular weight excluding hydrogens is 350 g/mol. The van der Waals surface area contributed by atoms with E-state index < -0.39 is 0 Å². The van der Waals surface area contributed by atoms with Crippen LogP contribution >= 0.6 is 0 Å². The number of anilines is 1. The lowest BCUT2D eigenvalue weighted by Gasteiger charge is -2.36. The number of hydrogen-bond donors (Lipinski definition) is 1. The van der Waals surface area contributed by atoms with Gasteiger partial charge in [-0.05, 0) is 37.8 Å². The first kappa shape index (κ1) is 19.1. The molecule has 4 rings (SSSR count). The van der Waals surface area contributed by atoms with Crippen molar-refractivity contribution >= 4 is 22.8 Å². The number of para-hydroxylation sites is 2. The van der Waals surface area contributed by atoms with Crippen molar-refractivity contribution in [1.29, 1.82) is 0 Å². The number of amides is 1. The number of benzene rings is 1. The van der Waals surface area contributed by atoms with Crippen LogP contribution in [0.3, 0.4) is 0 Å². The van der Waals surface area contributed by atoms with E-state index in [1.54, 1.807) is 0 Å². The third-order valence-electron chi connectivity index (χ3n) is 6.06. The molecule has 1 aliphatic carbocycles. The van der Waals surface area contributed by atoms with Crippen LogP contribution in [-0.4, -0.2) is 59.5 Å². The van der Waals surface area contributed by atoms with Crippen LogP contribution in [0.25, 0.3) is 11.0 Å². The van der Waals surface area contributed by atoms with Gasteiger partial charge in [0.25, 0.3) is 0 Å². The second-order valence-electron chi connectivity index (χ2n) is 8.42. The minimum absolute atomic E-state index is 0.175. The largest absolute Gasteiger partial charge is 0.353 e. The Morgan fingerprint density at radius 1 is 1.11 bits per heavy atom. The molecule has 2 aliphatic rings. The van der Waals surface area contributed by atoms with E-state index in [2.05, 4.69) is 22.0 Å². The highest BCUT2D eigenvalue weighted by atomic mass is 16.2. The zero-order chi connectivity index (χ0) is 19.5. The summed E-state index contributed by atoms with van der Waals surface area (Å²) in [6.45, 7) is 8.32. The molecule has 0 spiro atoms. The maximum atomic E-state index is 12.4. The Labute approximate surface area is 167 Å². The molecule has 2 aromatic rings. The number of rotatable bonds is 4. The average molecular weight is 382 g/mol. The van der Waals surface area contributed by atoms with Crippen LogP contribution in [0.2, 0.25) is 0 Å². The number of nitrogens with one attached hydrogen (secondary N) is 1. The fraction of sp³-hybridized carbons (Fsp3) is 0.591. The molecule has 1 amide bonds. The molecular formula is C22H31N5O. The highest BCUT2D eigenvalue weighted by Crippen LogP contribution is 2.24. The first-order valence-electron chi connectivity index (χ1n) is 10.6. The maximum absolute atomic E-state index is 12.4. The van der Waals surface area contributed by atoms with Gasteiger partial charge in [-0.25, -0.2) is 9.97 Å². The Morgan fingerprint density at radius 3 is 2.54 bits per heavy atom. The van der Waals surface area contributed by atoms with Gasteiger partial charge in [-0.1, -0.05) is 31.9 Å². The topological polar surface area (TPSA) is 61.4 Å². The van der Waals surface area contributed by atoms with Gasteiger partial charge in [0, 0.05) is 32.2 Å².